The minimum atomic E-state index is -1.39. The average Bonchev–Trinajstić information content (AvgIpc) is 2.20. The van der Waals surface area contributed by atoms with Crippen molar-refractivity contribution in [2.45, 2.75) is 25.9 Å². The maximum Gasteiger partial charge on any atom is 0.195 e. The second-order valence-electron chi connectivity index (χ2n) is 3.58. The van der Waals surface area contributed by atoms with E-state index in [2.05, 4.69) is 0 Å². The molecular weight excluding hydrogens is 235 g/mol. The van der Waals surface area contributed by atoms with Gasteiger partial charge in [0, 0.05) is 10.6 Å². The Kier molecular flexibility index (Phi) is 3.77. The van der Waals surface area contributed by atoms with Crippen LogP contribution in [0.4, 0.5) is 0 Å². The Hall–Kier alpha value is -0.570. The third-order valence-electron chi connectivity index (χ3n) is 2.35. The van der Waals surface area contributed by atoms with Gasteiger partial charge in [-0.15, -0.1) is 0 Å². The summed E-state index contributed by atoms with van der Waals surface area (Å²) in [6, 6.07) is 4.61. The monoisotopic (exact) mass is 246 g/mol. The molecule has 4 heteroatoms. The van der Waals surface area contributed by atoms with Crippen molar-refractivity contribution in [2.24, 2.45) is 0 Å². The summed E-state index contributed by atoms with van der Waals surface area (Å²) in [4.78, 5) is 11.9. The van der Waals surface area contributed by atoms with Gasteiger partial charge in [0.2, 0.25) is 0 Å². The second kappa shape index (κ2) is 4.52. The molecule has 1 atom stereocenters. The van der Waals surface area contributed by atoms with E-state index < -0.39 is 11.4 Å². The molecule has 1 rings (SSSR count). The lowest BCUT2D eigenvalue weighted by Crippen LogP contribution is -2.34. The molecule has 15 heavy (non-hydrogen) atoms. The Bertz CT molecular complexity index is 386. The molecule has 0 heterocycles. The molecule has 0 saturated carbocycles. The number of carbonyl (C=O) groups is 1. The van der Waals surface area contributed by atoms with Crippen molar-refractivity contribution in [3.05, 3.63) is 33.8 Å². The Morgan fingerprint density at radius 3 is 2.60 bits per heavy atom. The van der Waals surface area contributed by atoms with Crippen LogP contribution in [0.1, 0.15) is 30.6 Å². The number of ketones is 1. The van der Waals surface area contributed by atoms with Crippen molar-refractivity contribution >= 4 is 29.0 Å². The summed E-state index contributed by atoms with van der Waals surface area (Å²) in [5.74, 6) is -0.405. The van der Waals surface area contributed by atoms with E-state index in [1.54, 1.807) is 19.1 Å². The van der Waals surface area contributed by atoms with E-state index in [0.29, 0.717) is 16.5 Å². The van der Waals surface area contributed by atoms with E-state index in [9.17, 15) is 9.90 Å². The predicted octanol–water partition coefficient (Wildman–Crippen LogP) is 3.34. The van der Waals surface area contributed by atoms with E-state index in [4.69, 9.17) is 23.2 Å². The summed E-state index contributed by atoms with van der Waals surface area (Å²) in [5.41, 5.74) is -1.13. The van der Waals surface area contributed by atoms with Gasteiger partial charge in [0.15, 0.2) is 5.78 Å². The van der Waals surface area contributed by atoms with E-state index in [1.807, 2.05) is 0 Å². The van der Waals surface area contributed by atoms with Gasteiger partial charge in [-0.25, -0.2) is 0 Å². The fraction of sp³-hybridized carbons (Fsp3) is 0.364. The number of hydrogen-bond acceptors (Lipinski definition) is 2. The lowest BCUT2D eigenvalue weighted by Gasteiger charge is -2.20. The van der Waals surface area contributed by atoms with Gasteiger partial charge >= 0.3 is 0 Å². The molecule has 0 radical (unpaired) electrons. The number of rotatable bonds is 3. The van der Waals surface area contributed by atoms with Crippen molar-refractivity contribution in [2.75, 3.05) is 0 Å². The molecule has 0 spiro atoms. The second-order valence-corrected chi connectivity index (χ2v) is 4.42. The molecule has 2 nitrogen and oxygen atoms in total. The fourth-order valence-electron chi connectivity index (χ4n) is 1.12. The normalized spacial score (nSPS) is 14.7. The number of benzene rings is 1. The van der Waals surface area contributed by atoms with Crippen LogP contribution in [0.15, 0.2) is 18.2 Å². The summed E-state index contributed by atoms with van der Waals surface area (Å²) in [6.07, 6.45) is 0.328. The van der Waals surface area contributed by atoms with Crippen molar-refractivity contribution in [3.63, 3.8) is 0 Å². The largest absolute Gasteiger partial charge is 0.382 e. The van der Waals surface area contributed by atoms with E-state index in [1.165, 1.54) is 13.0 Å². The minimum absolute atomic E-state index is 0.260. The number of carbonyl (C=O) groups excluding carboxylic acids is 1. The Morgan fingerprint density at radius 2 is 2.07 bits per heavy atom. The zero-order chi connectivity index (χ0) is 11.6. The van der Waals surface area contributed by atoms with E-state index >= 15 is 0 Å². The van der Waals surface area contributed by atoms with Crippen LogP contribution in [0.2, 0.25) is 10.0 Å². The smallest absolute Gasteiger partial charge is 0.195 e. The van der Waals surface area contributed by atoms with Crippen LogP contribution in [0.5, 0.6) is 0 Å². The Labute approximate surface area is 98.8 Å². The zero-order valence-corrected chi connectivity index (χ0v) is 10.1. The standard InChI is InChI=1S/C11H12Cl2O2/c1-3-11(2,15)10(14)8-6-7(12)4-5-9(8)13/h4-6,15H,3H2,1-2H3. The SMILES string of the molecule is CCC(C)(O)C(=O)c1cc(Cl)ccc1Cl. The van der Waals surface area contributed by atoms with Crippen LogP contribution in [0.25, 0.3) is 0 Å². The molecule has 1 aromatic rings. The first-order valence-corrected chi connectivity index (χ1v) is 5.36. The maximum atomic E-state index is 11.9. The van der Waals surface area contributed by atoms with Crippen molar-refractivity contribution in [3.8, 4) is 0 Å². The molecule has 0 aliphatic rings. The van der Waals surface area contributed by atoms with Gasteiger partial charge in [-0.2, -0.15) is 0 Å². The van der Waals surface area contributed by atoms with Gasteiger partial charge in [0.25, 0.3) is 0 Å². The van der Waals surface area contributed by atoms with E-state index in [0.717, 1.165) is 0 Å². The van der Waals surface area contributed by atoms with Gasteiger partial charge in [-0.3, -0.25) is 4.79 Å². The molecule has 0 saturated heterocycles. The van der Waals surface area contributed by atoms with Crippen LogP contribution in [-0.2, 0) is 0 Å². The van der Waals surface area contributed by atoms with Crippen LogP contribution < -0.4 is 0 Å². The van der Waals surface area contributed by atoms with E-state index in [-0.39, 0.29) is 5.56 Å². The van der Waals surface area contributed by atoms with Gasteiger partial charge in [0.1, 0.15) is 5.60 Å². The van der Waals surface area contributed by atoms with Gasteiger partial charge in [0.05, 0.1) is 5.02 Å². The Morgan fingerprint density at radius 1 is 1.47 bits per heavy atom. The summed E-state index contributed by atoms with van der Waals surface area (Å²) in [5, 5.41) is 10.5. The van der Waals surface area contributed by atoms with Gasteiger partial charge < -0.3 is 5.11 Å². The highest BCUT2D eigenvalue weighted by molar-refractivity contribution is 6.36. The molecule has 0 aliphatic heterocycles. The summed E-state index contributed by atoms with van der Waals surface area (Å²) in [7, 11) is 0. The number of aliphatic hydroxyl groups is 1. The predicted molar refractivity (Wildman–Crippen MR) is 61.7 cm³/mol. The molecule has 1 N–H and O–H groups in total. The lowest BCUT2D eigenvalue weighted by atomic mass is 9.92. The molecule has 0 fully saturated rings. The molecule has 1 aromatic carbocycles. The Balaban J connectivity index is 3.17. The summed E-state index contributed by atoms with van der Waals surface area (Å²) in [6.45, 7) is 3.20. The van der Waals surface area contributed by atoms with Crippen LogP contribution >= 0.6 is 23.2 Å². The first-order valence-electron chi connectivity index (χ1n) is 4.60. The highest BCUT2D eigenvalue weighted by Crippen LogP contribution is 2.25. The highest BCUT2D eigenvalue weighted by atomic mass is 35.5. The minimum Gasteiger partial charge on any atom is -0.382 e. The summed E-state index contributed by atoms with van der Waals surface area (Å²) < 4.78 is 0. The van der Waals surface area contributed by atoms with Crippen molar-refractivity contribution in [1.29, 1.82) is 0 Å². The number of Topliss-reactive ketones (excluding diaryl/α,β-unsaturated/α-hetero) is 1. The molecule has 0 bridgehead atoms. The van der Waals surface area contributed by atoms with Gasteiger partial charge in [-0.1, -0.05) is 30.1 Å². The first-order chi connectivity index (χ1) is 6.88. The number of halogens is 2. The third kappa shape index (κ3) is 2.71. The highest BCUT2D eigenvalue weighted by Gasteiger charge is 2.30. The molecular formula is C11H12Cl2O2. The van der Waals surface area contributed by atoms with Crippen molar-refractivity contribution in [1.82, 2.24) is 0 Å². The van der Waals surface area contributed by atoms with Crippen molar-refractivity contribution < 1.29 is 9.90 Å². The van der Waals surface area contributed by atoms with Crippen LogP contribution in [-0.4, -0.2) is 16.5 Å². The average molecular weight is 247 g/mol. The van der Waals surface area contributed by atoms with Crippen LogP contribution in [0, 0.1) is 0 Å². The topological polar surface area (TPSA) is 37.3 Å². The first kappa shape index (κ1) is 12.5. The molecule has 0 amide bonds. The van der Waals surface area contributed by atoms with Crippen LogP contribution in [0.3, 0.4) is 0 Å². The maximum absolute atomic E-state index is 11.9. The fourth-order valence-corrected chi connectivity index (χ4v) is 1.50. The lowest BCUT2D eigenvalue weighted by molar-refractivity contribution is 0.0391. The third-order valence-corrected chi connectivity index (χ3v) is 2.92. The quantitative estimate of drug-likeness (QED) is 0.831. The zero-order valence-electron chi connectivity index (χ0n) is 8.55. The summed E-state index contributed by atoms with van der Waals surface area (Å²) >= 11 is 11.6. The molecule has 1 unspecified atom stereocenters. The molecule has 0 aliphatic carbocycles. The molecule has 82 valence electrons. The molecule has 0 aromatic heterocycles. The number of hydrogen-bond donors (Lipinski definition) is 1. The van der Waals surface area contributed by atoms with Gasteiger partial charge in [-0.05, 0) is 31.5 Å².